The van der Waals surface area contributed by atoms with Crippen molar-refractivity contribution in [1.29, 1.82) is 0 Å². The maximum atomic E-state index is 13.0. The number of aromatic hydroxyl groups is 1. The second kappa shape index (κ2) is 6.20. The van der Waals surface area contributed by atoms with Gasteiger partial charge in [-0.05, 0) is 36.8 Å². The number of para-hydroxylation sites is 1. The molecule has 0 atom stereocenters. The molecule has 2 aromatic carbocycles. The average molecular weight is 387 g/mol. The summed E-state index contributed by atoms with van der Waals surface area (Å²) < 4.78 is 39.4. The molecule has 130 valence electrons. The molecule has 1 heterocycles. The molecule has 4 nitrogen and oxygen atoms in total. The van der Waals surface area contributed by atoms with Gasteiger partial charge in [-0.3, -0.25) is 10.1 Å². The van der Waals surface area contributed by atoms with E-state index in [1.807, 2.05) is 0 Å². The number of nitrogens with zero attached hydrogens (tertiary/aromatic N) is 1. The Balaban J connectivity index is 1.98. The minimum absolute atomic E-state index is 0.00581. The zero-order valence-electron chi connectivity index (χ0n) is 12.6. The van der Waals surface area contributed by atoms with Crippen LogP contribution in [-0.4, -0.2) is 16.0 Å². The Kier molecular flexibility index (Phi) is 4.34. The number of phenols is 1. The third kappa shape index (κ3) is 3.40. The van der Waals surface area contributed by atoms with Gasteiger partial charge >= 0.3 is 6.18 Å². The summed E-state index contributed by atoms with van der Waals surface area (Å²) in [7, 11) is 0. The standard InChI is InChI=1S/C16H10ClF3N2O2S/c1-7-5-8(17)6-9(13(7)23)14(24)22-15-21-12-10(16(18,19)20)3-2-4-11(12)25-15/h2-6,23H,1H3,(H,21,22,24). The maximum Gasteiger partial charge on any atom is 0.418 e. The van der Waals surface area contributed by atoms with E-state index in [0.29, 0.717) is 5.56 Å². The van der Waals surface area contributed by atoms with Gasteiger partial charge in [-0.2, -0.15) is 13.2 Å². The number of aryl methyl sites for hydroxylation is 1. The Bertz CT molecular complexity index is 985. The Morgan fingerprint density at radius 3 is 2.72 bits per heavy atom. The molecule has 1 amide bonds. The van der Waals surface area contributed by atoms with Crippen molar-refractivity contribution in [1.82, 2.24) is 4.98 Å². The number of aromatic nitrogens is 1. The predicted molar refractivity (Wildman–Crippen MR) is 90.4 cm³/mol. The van der Waals surface area contributed by atoms with E-state index < -0.39 is 17.6 Å². The Hall–Kier alpha value is -2.32. The van der Waals surface area contributed by atoms with E-state index in [2.05, 4.69) is 10.3 Å². The van der Waals surface area contributed by atoms with Crippen molar-refractivity contribution in [3.63, 3.8) is 0 Å². The number of carbonyl (C=O) groups excluding carboxylic acids is 1. The van der Waals surface area contributed by atoms with Gasteiger partial charge in [-0.15, -0.1) is 0 Å². The summed E-state index contributed by atoms with van der Waals surface area (Å²) >= 11 is 6.78. The fraction of sp³-hybridized carbons (Fsp3) is 0.125. The molecule has 1 aromatic heterocycles. The number of hydrogen-bond acceptors (Lipinski definition) is 4. The third-order valence-electron chi connectivity index (χ3n) is 3.45. The number of phenolic OH excluding ortho intramolecular Hbond substituents is 1. The zero-order chi connectivity index (χ0) is 18.4. The molecule has 0 aliphatic rings. The summed E-state index contributed by atoms with van der Waals surface area (Å²) in [6.45, 7) is 1.57. The van der Waals surface area contributed by atoms with Crippen molar-refractivity contribution in [2.24, 2.45) is 0 Å². The summed E-state index contributed by atoms with van der Waals surface area (Å²) in [5.41, 5.74) is -0.786. The fourth-order valence-corrected chi connectivity index (χ4v) is 3.46. The molecule has 3 aromatic rings. The van der Waals surface area contributed by atoms with Crippen LogP contribution in [0.25, 0.3) is 10.2 Å². The lowest BCUT2D eigenvalue weighted by molar-refractivity contribution is -0.136. The number of thiazole rings is 1. The lowest BCUT2D eigenvalue weighted by Gasteiger charge is -2.07. The number of halogens is 4. The van der Waals surface area contributed by atoms with Crippen molar-refractivity contribution in [3.05, 3.63) is 52.0 Å². The van der Waals surface area contributed by atoms with E-state index in [4.69, 9.17) is 11.6 Å². The molecular weight excluding hydrogens is 377 g/mol. The van der Waals surface area contributed by atoms with Crippen LogP contribution in [0, 0.1) is 6.92 Å². The second-order valence-corrected chi connectivity index (χ2v) is 6.71. The van der Waals surface area contributed by atoms with Crippen LogP contribution in [0.4, 0.5) is 18.3 Å². The monoisotopic (exact) mass is 386 g/mol. The van der Waals surface area contributed by atoms with Crippen LogP contribution in [-0.2, 0) is 6.18 Å². The van der Waals surface area contributed by atoms with Crippen molar-refractivity contribution in [2.75, 3.05) is 5.32 Å². The SMILES string of the molecule is Cc1cc(Cl)cc(C(=O)Nc2nc3c(C(F)(F)F)cccc3s2)c1O. The van der Waals surface area contributed by atoms with Crippen LogP contribution in [0.5, 0.6) is 5.75 Å². The molecule has 9 heteroatoms. The van der Waals surface area contributed by atoms with Gasteiger partial charge in [-0.1, -0.05) is 29.0 Å². The number of benzene rings is 2. The molecule has 25 heavy (non-hydrogen) atoms. The van der Waals surface area contributed by atoms with Gasteiger partial charge in [0.15, 0.2) is 5.13 Å². The number of amides is 1. The van der Waals surface area contributed by atoms with Crippen molar-refractivity contribution in [3.8, 4) is 5.75 Å². The molecule has 0 saturated carbocycles. The third-order valence-corrected chi connectivity index (χ3v) is 4.61. The number of fused-ring (bicyclic) bond motifs is 1. The summed E-state index contributed by atoms with van der Waals surface area (Å²) in [6, 6.07) is 6.45. The van der Waals surface area contributed by atoms with Gasteiger partial charge in [0, 0.05) is 5.02 Å². The minimum atomic E-state index is -4.54. The number of alkyl halides is 3. The summed E-state index contributed by atoms with van der Waals surface area (Å²) in [5, 5.41) is 12.6. The largest absolute Gasteiger partial charge is 0.507 e. The number of anilines is 1. The van der Waals surface area contributed by atoms with Gasteiger partial charge in [0.2, 0.25) is 0 Å². The van der Waals surface area contributed by atoms with Crippen LogP contribution in [0.3, 0.4) is 0 Å². The number of carbonyl (C=O) groups is 1. The summed E-state index contributed by atoms with van der Waals surface area (Å²) in [6.07, 6.45) is -4.54. The smallest absolute Gasteiger partial charge is 0.418 e. The first-order valence-electron chi connectivity index (χ1n) is 6.94. The highest BCUT2D eigenvalue weighted by atomic mass is 35.5. The van der Waals surface area contributed by atoms with Gasteiger partial charge in [0.05, 0.1) is 21.3 Å². The summed E-state index contributed by atoms with van der Waals surface area (Å²) in [4.78, 5) is 16.2. The minimum Gasteiger partial charge on any atom is -0.507 e. The van der Waals surface area contributed by atoms with Crippen molar-refractivity contribution < 1.29 is 23.1 Å². The van der Waals surface area contributed by atoms with E-state index in [-0.39, 0.29) is 31.7 Å². The quantitative estimate of drug-likeness (QED) is 0.633. The summed E-state index contributed by atoms with van der Waals surface area (Å²) in [5.74, 6) is -0.963. The van der Waals surface area contributed by atoms with Crippen LogP contribution in [0.15, 0.2) is 30.3 Å². The molecule has 0 spiro atoms. The highest BCUT2D eigenvalue weighted by Gasteiger charge is 2.33. The Morgan fingerprint density at radius 1 is 1.32 bits per heavy atom. The van der Waals surface area contributed by atoms with E-state index in [9.17, 15) is 23.1 Å². The fourth-order valence-electron chi connectivity index (χ4n) is 2.30. The van der Waals surface area contributed by atoms with E-state index >= 15 is 0 Å². The predicted octanol–water partition coefficient (Wildman–Crippen LogP) is 5.23. The first-order valence-corrected chi connectivity index (χ1v) is 8.13. The Labute approximate surface area is 148 Å². The zero-order valence-corrected chi connectivity index (χ0v) is 14.2. The molecule has 0 saturated heterocycles. The molecule has 0 aliphatic heterocycles. The second-order valence-electron chi connectivity index (χ2n) is 5.24. The Morgan fingerprint density at radius 2 is 2.04 bits per heavy atom. The van der Waals surface area contributed by atoms with Gasteiger partial charge in [-0.25, -0.2) is 4.98 Å². The van der Waals surface area contributed by atoms with Crippen LogP contribution < -0.4 is 5.32 Å². The van der Waals surface area contributed by atoms with Crippen LogP contribution in [0.2, 0.25) is 5.02 Å². The molecular formula is C16H10ClF3N2O2S. The maximum absolute atomic E-state index is 13.0. The number of nitrogens with one attached hydrogen (secondary N) is 1. The number of rotatable bonds is 2. The molecule has 2 N–H and O–H groups in total. The van der Waals surface area contributed by atoms with Crippen LogP contribution in [0.1, 0.15) is 21.5 Å². The van der Waals surface area contributed by atoms with E-state index in [0.717, 1.165) is 17.4 Å². The average Bonchev–Trinajstić information content (AvgIpc) is 2.91. The van der Waals surface area contributed by atoms with Gasteiger partial charge in [0.1, 0.15) is 5.75 Å². The topological polar surface area (TPSA) is 62.2 Å². The van der Waals surface area contributed by atoms with Gasteiger partial charge < -0.3 is 5.11 Å². The first-order chi connectivity index (χ1) is 11.7. The highest BCUT2D eigenvalue weighted by molar-refractivity contribution is 7.22. The molecule has 0 radical (unpaired) electrons. The lowest BCUT2D eigenvalue weighted by atomic mass is 10.1. The normalized spacial score (nSPS) is 11.7. The van der Waals surface area contributed by atoms with Crippen molar-refractivity contribution in [2.45, 2.75) is 13.1 Å². The lowest BCUT2D eigenvalue weighted by Crippen LogP contribution is -2.12. The van der Waals surface area contributed by atoms with Crippen molar-refractivity contribution >= 4 is 44.2 Å². The molecule has 3 rings (SSSR count). The molecule has 0 bridgehead atoms. The van der Waals surface area contributed by atoms with Gasteiger partial charge in [0.25, 0.3) is 5.91 Å². The molecule has 0 aliphatic carbocycles. The molecule has 0 unspecified atom stereocenters. The van der Waals surface area contributed by atoms with Crippen LogP contribution >= 0.6 is 22.9 Å². The molecule has 0 fully saturated rings. The van der Waals surface area contributed by atoms with E-state index in [1.165, 1.54) is 24.3 Å². The highest BCUT2D eigenvalue weighted by Crippen LogP contribution is 2.37. The number of hydrogen-bond donors (Lipinski definition) is 2. The van der Waals surface area contributed by atoms with E-state index in [1.54, 1.807) is 6.92 Å². The first kappa shape index (κ1) is 17.5.